The van der Waals surface area contributed by atoms with Crippen LogP contribution in [-0.4, -0.2) is 43.7 Å². The Balaban J connectivity index is 1.82. The maximum atomic E-state index is 12.7. The van der Waals surface area contributed by atoms with Crippen LogP contribution in [0.4, 0.5) is 15.8 Å². The van der Waals surface area contributed by atoms with E-state index in [0.29, 0.717) is 22.9 Å². The first-order chi connectivity index (χ1) is 12.7. The van der Waals surface area contributed by atoms with E-state index < -0.39 is 27.5 Å². The van der Waals surface area contributed by atoms with Gasteiger partial charge < -0.3 is 9.64 Å². The maximum absolute atomic E-state index is 12.7. The molecule has 0 amide bonds. The van der Waals surface area contributed by atoms with Crippen molar-refractivity contribution < 1.29 is 26.7 Å². The SMILES string of the molecule is CS(=O)(=O)Nc1ccc(Oc2ccc3c(c2)S(O)(O)NCN3CCF)cc1. The van der Waals surface area contributed by atoms with Gasteiger partial charge in [-0.2, -0.15) is 4.72 Å². The van der Waals surface area contributed by atoms with Crippen LogP contribution in [0.2, 0.25) is 0 Å². The minimum atomic E-state index is -3.36. The van der Waals surface area contributed by atoms with E-state index in [9.17, 15) is 21.9 Å². The van der Waals surface area contributed by atoms with Gasteiger partial charge >= 0.3 is 0 Å². The molecule has 2 aromatic carbocycles. The number of fused-ring (bicyclic) bond motifs is 1. The van der Waals surface area contributed by atoms with Crippen molar-refractivity contribution in [3.05, 3.63) is 42.5 Å². The fourth-order valence-corrected chi connectivity index (χ4v) is 4.45. The van der Waals surface area contributed by atoms with Crippen molar-refractivity contribution in [1.29, 1.82) is 0 Å². The molecule has 0 fully saturated rings. The van der Waals surface area contributed by atoms with Crippen molar-refractivity contribution in [2.75, 3.05) is 35.8 Å². The first-order valence-electron chi connectivity index (χ1n) is 7.91. The number of alkyl halides is 1. The van der Waals surface area contributed by atoms with E-state index in [1.54, 1.807) is 41.3 Å². The molecular weight excluding hydrogens is 397 g/mol. The molecule has 0 saturated carbocycles. The Morgan fingerprint density at radius 2 is 1.89 bits per heavy atom. The summed E-state index contributed by atoms with van der Waals surface area (Å²) in [5, 5.41) is 0. The number of hydrogen-bond donors (Lipinski definition) is 4. The normalized spacial score (nSPS) is 17.1. The fourth-order valence-electron chi connectivity index (χ4n) is 2.62. The standard InChI is InChI=1S/C16H20FN3O5S2/c1-26(21,22)19-12-2-4-13(5-3-12)25-14-6-7-15-16(10-14)27(23,24)18-11-20(15)9-8-17/h2-7,10,18-19,23-24H,8-9,11H2,1H3. The van der Waals surface area contributed by atoms with Crippen LogP contribution in [0.25, 0.3) is 0 Å². The zero-order valence-electron chi connectivity index (χ0n) is 14.4. The first-order valence-corrected chi connectivity index (χ1v) is 11.4. The smallest absolute Gasteiger partial charge is 0.229 e. The molecule has 148 valence electrons. The summed E-state index contributed by atoms with van der Waals surface area (Å²) >= 11 is 0. The summed E-state index contributed by atoms with van der Waals surface area (Å²) < 4.78 is 66.3. The molecule has 0 unspecified atom stereocenters. The van der Waals surface area contributed by atoms with Crippen LogP contribution in [-0.2, 0) is 10.0 Å². The summed E-state index contributed by atoms with van der Waals surface area (Å²) in [5.41, 5.74) is 0.932. The molecular formula is C16H20FN3O5S2. The van der Waals surface area contributed by atoms with E-state index in [2.05, 4.69) is 9.44 Å². The van der Waals surface area contributed by atoms with E-state index in [1.165, 1.54) is 6.07 Å². The van der Waals surface area contributed by atoms with Gasteiger partial charge in [0.15, 0.2) is 0 Å². The molecule has 1 aliphatic rings. The summed E-state index contributed by atoms with van der Waals surface area (Å²) in [5.74, 6) is 0.802. The van der Waals surface area contributed by atoms with E-state index in [-0.39, 0.29) is 18.1 Å². The Hall–Kier alpha value is -2.05. The van der Waals surface area contributed by atoms with E-state index in [4.69, 9.17) is 4.74 Å². The predicted octanol–water partition coefficient (Wildman–Crippen LogP) is 3.21. The van der Waals surface area contributed by atoms with Crippen LogP contribution in [0.15, 0.2) is 47.4 Å². The van der Waals surface area contributed by atoms with Crippen LogP contribution < -0.4 is 19.1 Å². The molecule has 0 radical (unpaired) electrons. The van der Waals surface area contributed by atoms with Crippen molar-refractivity contribution in [1.82, 2.24) is 4.72 Å². The number of benzene rings is 2. The highest BCUT2D eigenvalue weighted by Crippen LogP contribution is 2.52. The molecule has 8 nitrogen and oxygen atoms in total. The molecule has 0 saturated heterocycles. The molecule has 0 aliphatic carbocycles. The minimum absolute atomic E-state index is 0.129. The van der Waals surface area contributed by atoms with Gasteiger partial charge in [-0.1, -0.05) is 0 Å². The van der Waals surface area contributed by atoms with Gasteiger partial charge in [-0.05, 0) is 36.4 Å². The molecule has 0 bridgehead atoms. The zero-order chi connectivity index (χ0) is 19.7. The Labute approximate surface area is 158 Å². The Morgan fingerprint density at radius 3 is 2.52 bits per heavy atom. The third-order valence-electron chi connectivity index (χ3n) is 3.78. The lowest BCUT2D eigenvalue weighted by Crippen LogP contribution is -2.41. The Kier molecular flexibility index (Phi) is 5.49. The number of hydrogen-bond acceptors (Lipinski definition) is 7. The molecule has 1 aliphatic heterocycles. The Bertz CT molecular complexity index is 922. The minimum Gasteiger partial charge on any atom is -0.457 e. The molecule has 27 heavy (non-hydrogen) atoms. The van der Waals surface area contributed by atoms with E-state index in [1.807, 2.05) is 0 Å². The van der Waals surface area contributed by atoms with Crippen LogP contribution in [0.5, 0.6) is 11.5 Å². The zero-order valence-corrected chi connectivity index (χ0v) is 16.1. The van der Waals surface area contributed by atoms with Crippen molar-refractivity contribution in [3.8, 4) is 11.5 Å². The third-order valence-corrected chi connectivity index (χ3v) is 5.86. The molecule has 11 heteroatoms. The molecule has 2 aromatic rings. The number of ether oxygens (including phenoxy) is 1. The number of sulfonamides is 1. The molecule has 3 rings (SSSR count). The van der Waals surface area contributed by atoms with Crippen LogP contribution >= 0.6 is 10.8 Å². The molecule has 0 aromatic heterocycles. The van der Waals surface area contributed by atoms with Gasteiger partial charge in [-0.15, -0.1) is 10.8 Å². The summed E-state index contributed by atoms with van der Waals surface area (Å²) in [6, 6.07) is 11.0. The van der Waals surface area contributed by atoms with Crippen molar-refractivity contribution in [2.24, 2.45) is 0 Å². The fraction of sp³-hybridized carbons (Fsp3) is 0.250. The monoisotopic (exact) mass is 417 g/mol. The van der Waals surface area contributed by atoms with Crippen LogP contribution in [0.3, 0.4) is 0 Å². The molecule has 0 spiro atoms. The highest BCUT2D eigenvalue weighted by molar-refractivity contribution is 8.22. The topological polar surface area (TPSA) is 111 Å². The predicted molar refractivity (Wildman–Crippen MR) is 104 cm³/mol. The average Bonchev–Trinajstić information content (AvgIpc) is 2.58. The van der Waals surface area contributed by atoms with Gasteiger partial charge in [0.1, 0.15) is 23.1 Å². The second-order valence-corrected chi connectivity index (χ2v) is 9.51. The Morgan fingerprint density at radius 1 is 1.22 bits per heavy atom. The van der Waals surface area contributed by atoms with Gasteiger partial charge in [0.2, 0.25) is 10.0 Å². The number of anilines is 2. The van der Waals surface area contributed by atoms with Crippen LogP contribution in [0.1, 0.15) is 0 Å². The van der Waals surface area contributed by atoms with E-state index >= 15 is 0 Å². The lowest BCUT2D eigenvalue weighted by Gasteiger charge is -2.43. The van der Waals surface area contributed by atoms with Gasteiger partial charge in [0.05, 0.1) is 18.6 Å². The lowest BCUT2D eigenvalue weighted by atomic mass is 10.2. The van der Waals surface area contributed by atoms with Crippen molar-refractivity contribution in [3.63, 3.8) is 0 Å². The second-order valence-electron chi connectivity index (χ2n) is 5.93. The first kappa shape index (κ1) is 19.7. The average molecular weight is 417 g/mol. The number of nitrogens with zero attached hydrogens (tertiary/aromatic N) is 1. The van der Waals surface area contributed by atoms with Gasteiger partial charge in [-0.3, -0.25) is 13.8 Å². The van der Waals surface area contributed by atoms with Crippen molar-refractivity contribution >= 4 is 32.2 Å². The molecule has 0 atom stereocenters. The van der Waals surface area contributed by atoms with Gasteiger partial charge in [0.25, 0.3) is 0 Å². The van der Waals surface area contributed by atoms with Crippen LogP contribution in [0, 0.1) is 0 Å². The summed E-state index contributed by atoms with van der Waals surface area (Å²) in [4.78, 5) is 1.90. The largest absolute Gasteiger partial charge is 0.457 e. The lowest BCUT2D eigenvalue weighted by molar-refractivity contribution is 0.446. The maximum Gasteiger partial charge on any atom is 0.229 e. The molecule has 4 N–H and O–H groups in total. The number of rotatable bonds is 6. The highest BCUT2D eigenvalue weighted by atomic mass is 32.3. The summed E-state index contributed by atoms with van der Waals surface area (Å²) in [6.07, 6.45) is 1.06. The highest BCUT2D eigenvalue weighted by Gasteiger charge is 2.28. The molecule has 1 heterocycles. The van der Waals surface area contributed by atoms with Gasteiger partial charge in [0, 0.05) is 18.3 Å². The quantitative estimate of drug-likeness (QED) is 0.571. The second kappa shape index (κ2) is 7.52. The third kappa shape index (κ3) is 4.82. The summed E-state index contributed by atoms with van der Waals surface area (Å²) in [7, 11) is -6.57. The number of nitrogens with one attached hydrogen (secondary N) is 2. The number of halogens is 1. The van der Waals surface area contributed by atoms with E-state index in [0.717, 1.165) is 6.26 Å². The summed E-state index contributed by atoms with van der Waals surface area (Å²) in [6.45, 7) is -0.300. The van der Waals surface area contributed by atoms with Crippen molar-refractivity contribution in [2.45, 2.75) is 4.90 Å². The van der Waals surface area contributed by atoms with Gasteiger partial charge in [-0.25, -0.2) is 12.8 Å².